The summed E-state index contributed by atoms with van der Waals surface area (Å²) < 4.78 is 1.07. The lowest BCUT2D eigenvalue weighted by Gasteiger charge is -2.08. The number of H-pyrrole nitrogens is 1. The van der Waals surface area contributed by atoms with Crippen LogP contribution in [0.4, 0.5) is 5.95 Å². The van der Waals surface area contributed by atoms with E-state index in [-0.39, 0.29) is 18.4 Å². The molecule has 0 aliphatic carbocycles. The van der Waals surface area contributed by atoms with Crippen LogP contribution in [0, 0.1) is 0 Å². The highest BCUT2D eigenvalue weighted by Crippen LogP contribution is 2.24. The molecule has 3 rings (SSSR count). The van der Waals surface area contributed by atoms with Crippen LogP contribution in [0.1, 0.15) is 25.6 Å². The largest absolute Gasteiger partial charge is 0.292 e. The number of carbonyl (C=O) groups excluding carboxylic acids is 1. The second kappa shape index (κ2) is 7.49. The second-order valence-corrected chi connectivity index (χ2v) is 6.35. The van der Waals surface area contributed by atoms with Crippen LogP contribution in [0.25, 0.3) is 11.3 Å². The summed E-state index contributed by atoms with van der Waals surface area (Å²) in [6, 6.07) is 10.1. The van der Waals surface area contributed by atoms with E-state index >= 15 is 0 Å². The summed E-state index contributed by atoms with van der Waals surface area (Å²) in [5.41, 5.74) is 0.788. The minimum Gasteiger partial charge on any atom is -0.292 e. The quantitative estimate of drug-likeness (QED) is 0.715. The number of nitrogens with one attached hydrogen (secondary N) is 2. The zero-order valence-electron chi connectivity index (χ0n) is 14.2. The van der Waals surface area contributed by atoms with E-state index < -0.39 is 11.5 Å². The molecule has 134 valence electrons. The molecule has 0 aliphatic heterocycles. The van der Waals surface area contributed by atoms with E-state index in [4.69, 9.17) is 11.6 Å². The van der Waals surface area contributed by atoms with Gasteiger partial charge in [-0.05, 0) is 12.1 Å². The Morgan fingerprint density at radius 2 is 2.04 bits per heavy atom. The number of aromatic amines is 1. The van der Waals surface area contributed by atoms with Crippen molar-refractivity contribution < 1.29 is 4.79 Å². The molecule has 2 N–H and O–H groups in total. The highest BCUT2D eigenvalue weighted by atomic mass is 35.5. The summed E-state index contributed by atoms with van der Waals surface area (Å²) in [4.78, 5) is 28.4. The van der Waals surface area contributed by atoms with Crippen LogP contribution in [-0.2, 0) is 11.3 Å². The van der Waals surface area contributed by atoms with Gasteiger partial charge in [0.1, 0.15) is 12.4 Å². The van der Waals surface area contributed by atoms with Gasteiger partial charge in [-0.2, -0.15) is 10.1 Å². The number of carbonyl (C=O) groups is 1. The first-order valence-corrected chi connectivity index (χ1v) is 8.37. The second-order valence-electron chi connectivity index (χ2n) is 5.94. The Hall–Kier alpha value is -3.00. The number of halogens is 1. The predicted octanol–water partition coefficient (Wildman–Crippen LogP) is 2.44. The first-order chi connectivity index (χ1) is 12.4. The molecule has 0 spiro atoms. The smallest absolute Gasteiger partial charge is 0.267 e. The average Bonchev–Trinajstić information content (AvgIpc) is 3.06. The Kier molecular flexibility index (Phi) is 5.13. The molecule has 2 heterocycles. The van der Waals surface area contributed by atoms with Crippen molar-refractivity contribution in [2.45, 2.75) is 26.3 Å². The number of hydrogen-bond donors (Lipinski definition) is 2. The number of hydrogen-bond acceptors (Lipinski definition) is 5. The van der Waals surface area contributed by atoms with Crippen LogP contribution in [0.15, 0.2) is 41.2 Å². The van der Waals surface area contributed by atoms with Gasteiger partial charge in [-0.3, -0.25) is 20.0 Å². The fourth-order valence-corrected chi connectivity index (χ4v) is 2.50. The number of benzene rings is 1. The van der Waals surface area contributed by atoms with Gasteiger partial charge in [-0.25, -0.2) is 4.68 Å². The van der Waals surface area contributed by atoms with E-state index in [1.165, 1.54) is 6.07 Å². The Labute approximate surface area is 154 Å². The molecular weight excluding hydrogens is 356 g/mol. The Bertz CT molecular complexity index is 995. The molecule has 0 atom stereocenters. The summed E-state index contributed by atoms with van der Waals surface area (Å²) in [5, 5.41) is 14.0. The predicted molar refractivity (Wildman–Crippen MR) is 98.0 cm³/mol. The average molecular weight is 373 g/mol. The van der Waals surface area contributed by atoms with Gasteiger partial charge in [0.2, 0.25) is 11.9 Å². The molecule has 3 aromatic rings. The maximum atomic E-state index is 12.2. The van der Waals surface area contributed by atoms with E-state index in [9.17, 15) is 9.59 Å². The summed E-state index contributed by atoms with van der Waals surface area (Å²) in [6.07, 6.45) is 0. The molecule has 0 aliphatic rings. The van der Waals surface area contributed by atoms with Gasteiger partial charge in [0.25, 0.3) is 5.56 Å². The van der Waals surface area contributed by atoms with Crippen molar-refractivity contribution in [3.05, 3.63) is 57.6 Å². The summed E-state index contributed by atoms with van der Waals surface area (Å²) >= 11 is 6.17. The highest BCUT2D eigenvalue weighted by molar-refractivity contribution is 6.33. The molecular formula is C17H17ClN6O2. The fraction of sp³-hybridized carbons (Fsp3) is 0.235. The van der Waals surface area contributed by atoms with Crippen molar-refractivity contribution in [2.75, 3.05) is 5.32 Å². The van der Waals surface area contributed by atoms with Crippen LogP contribution >= 0.6 is 11.6 Å². The van der Waals surface area contributed by atoms with Crippen LogP contribution < -0.4 is 10.9 Å². The van der Waals surface area contributed by atoms with Gasteiger partial charge in [-0.15, -0.1) is 5.10 Å². The molecule has 0 unspecified atom stereocenters. The molecule has 8 nitrogen and oxygen atoms in total. The number of anilines is 1. The molecule has 1 aromatic carbocycles. The monoisotopic (exact) mass is 372 g/mol. The van der Waals surface area contributed by atoms with Gasteiger partial charge in [0, 0.05) is 17.5 Å². The molecule has 0 bridgehead atoms. The molecule has 26 heavy (non-hydrogen) atoms. The number of nitrogens with zero attached hydrogens (tertiary/aromatic N) is 4. The zero-order chi connectivity index (χ0) is 18.7. The first-order valence-electron chi connectivity index (χ1n) is 7.99. The van der Waals surface area contributed by atoms with Gasteiger partial charge in [-0.1, -0.05) is 43.6 Å². The van der Waals surface area contributed by atoms with Crippen molar-refractivity contribution >= 4 is 23.5 Å². The van der Waals surface area contributed by atoms with E-state index in [0.29, 0.717) is 22.1 Å². The Morgan fingerprint density at radius 1 is 1.27 bits per heavy atom. The minimum atomic E-state index is -0.454. The van der Waals surface area contributed by atoms with Crippen LogP contribution in [0.2, 0.25) is 5.02 Å². The Balaban J connectivity index is 1.78. The van der Waals surface area contributed by atoms with E-state index in [1.54, 1.807) is 24.3 Å². The molecule has 9 heteroatoms. The van der Waals surface area contributed by atoms with Crippen molar-refractivity contribution in [1.29, 1.82) is 0 Å². The third kappa shape index (κ3) is 3.97. The van der Waals surface area contributed by atoms with E-state index in [2.05, 4.69) is 25.6 Å². The van der Waals surface area contributed by atoms with Crippen LogP contribution in [0.5, 0.6) is 0 Å². The molecule has 0 saturated heterocycles. The van der Waals surface area contributed by atoms with Gasteiger partial charge < -0.3 is 0 Å². The molecule has 2 aromatic heterocycles. The molecule has 0 saturated carbocycles. The number of aromatic nitrogens is 5. The molecule has 1 amide bonds. The van der Waals surface area contributed by atoms with E-state index in [0.717, 1.165) is 4.68 Å². The van der Waals surface area contributed by atoms with Crippen LogP contribution in [0.3, 0.4) is 0 Å². The Morgan fingerprint density at radius 3 is 2.73 bits per heavy atom. The minimum absolute atomic E-state index is 0.157. The van der Waals surface area contributed by atoms with Gasteiger partial charge in [0.15, 0.2) is 0 Å². The highest BCUT2D eigenvalue weighted by Gasteiger charge is 2.13. The first kappa shape index (κ1) is 17.8. The van der Waals surface area contributed by atoms with Gasteiger partial charge in [0.05, 0.1) is 10.7 Å². The topological polar surface area (TPSA) is 106 Å². The molecule has 0 fully saturated rings. The zero-order valence-corrected chi connectivity index (χ0v) is 15.0. The standard InChI is InChI=1S/C17H17ClN6O2/c1-10(2)16-20-17(22-21-16)19-14(25)9-24-15(26)8-7-13(23-24)11-5-3-4-6-12(11)18/h3-8,10H,9H2,1-2H3,(H2,19,20,21,22,25). The lowest BCUT2D eigenvalue weighted by molar-refractivity contribution is -0.117. The summed E-state index contributed by atoms with van der Waals surface area (Å²) in [6.45, 7) is 3.65. The van der Waals surface area contributed by atoms with Crippen molar-refractivity contribution in [3.8, 4) is 11.3 Å². The summed E-state index contributed by atoms with van der Waals surface area (Å²) in [5.74, 6) is 0.528. The maximum Gasteiger partial charge on any atom is 0.267 e. The van der Waals surface area contributed by atoms with Crippen molar-refractivity contribution in [1.82, 2.24) is 25.0 Å². The normalized spacial score (nSPS) is 10.9. The lowest BCUT2D eigenvalue weighted by Crippen LogP contribution is -2.29. The van der Waals surface area contributed by atoms with Crippen molar-refractivity contribution in [3.63, 3.8) is 0 Å². The fourth-order valence-electron chi connectivity index (χ4n) is 2.26. The van der Waals surface area contributed by atoms with E-state index in [1.807, 2.05) is 19.9 Å². The lowest BCUT2D eigenvalue weighted by atomic mass is 10.1. The van der Waals surface area contributed by atoms with Crippen LogP contribution in [-0.4, -0.2) is 30.9 Å². The SMILES string of the molecule is CC(C)c1nc(NC(=O)Cn2nc(-c3ccccc3Cl)ccc2=O)n[nH]1. The van der Waals surface area contributed by atoms with Gasteiger partial charge >= 0.3 is 0 Å². The maximum absolute atomic E-state index is 12.2. The number of rotatable bonds is 5. The molecule has 0 radical (unpaired) electrons. The number of amides is 1. The third-order valence-corrected chi connectivity index (χ3v) is 3.94. The summed E-state index contributed by atoms with van der Waals surface area (Å²) in [7, 11) is 0. The third-order valence-electron chi connectivity index (χ3n) is 3.61. The van der Waals surface area contributed by atoms with Crippen molar-refractivity contribution in [2.24, 2.45) is 0 Å².